The number of nitrogens with zero attached hydrogens (tertiary/aromatic N) is 8. The molecular formula is C53H48N10O10S3. The van der Waals surface area contributed by atoms with Crippen LogP contribution in [-0.4, -0.2) is 101 Å². The summed E-state index contributed by atoms with van der Waals surface area (Å²) in [5.74, 6) is 1.87. The number of aromatic nitrogens is 8. The molecule has 20 nitrogen and oxygen atoms in total. The molecule has 6 aromatic heterocycles. The van der Waals surface area contributed by atoms with Crippen molar-refractivity contribution in [1.82, 2.24) is 37.8 Å². The third kappa shape index (κ3) is 11.8. The minimum atomic E-state index is -3.89. The fourth-order valence-corrected chi connectivity index (χ4v) is 10.9. The van der Waals surface area contributed by atoms with Gasteiger partial charge in [-0.3, -0.25) is 4.18 Å². The van der Waals surface area contributed by atoms with E-state index in [4.69, 9.17) is 14.6 Å². The van der Waals surface area contributed by atoms with Crippen LogP contribution in [-0.2, 0) is 34.3 Å². The van der Waals surface area contributed by atoms with E-state index < -0.39 is 30.2 Å². The Kier molecular flexibility index (Phi) is 15.5. The molecule has 0 radical (unpaired) electrons. The number of anilines is 4. The first-order valence-electron chi connectivity index (χ1n) is 23.3. The minimum absolute atomic E-state index is 0.0573. The molecule has 0 saturated carbocycles. The van der Waals surface area contributed by atoms with Gasteiger partial charge in [0, 0.05) is 70.5 Å². The molecule has 0 atom stereocenters. The molecule has 4 aromatic carbocycles. The number of ether oxygens (including phenoxy) is 2. The molecule has 3 N–H and O–H groups in total. The Hall–Kier alpha value is -8.61. The molecule has 0 aliphatic rings. The molecule has 0 aliphatic carbocycles. The van der Waals surface area contributed by atoms with Gasteiger partial charge in [-0.15, -0.1) is 0 Å². The van der Waals surface area contributed by atoms with Crippen molar-refractivity contribution in [2.45, 2.75) is 23.6 Å². The Morgan fingerprint density at radius 3 is 1.38 bits per heavy atom. The van der Waals surface area contributed by atoms with E-state index in [2.05, 4.69) is 44.7 Å². The topological polar surface area (TPSA) is 262 Å². The van der Waals surface area contributed by atoms with Crippen LogP contribution in [0.2, 0.25) is 0 Å². The van der Waals surface area contributed by atoms with Crippen LogP contribution >= 0.6 is 0 Å². The molecule has 0 bridgehead atoms. The van der Waals surface area contributed by atoms with Gasteiger partial charge in [-0.2, -0.15) is 8.42 Å². The largest absolute Gasteiger partial charge is 0.491 e. The van der Waals surface area contributed by atoms with Crippen LogP contribution in [0, 0.1) is 13.8 Å². The van der Waals surface area contributed by atoms with Crippen molar-refractivity contribution in [3.63, 3.8) is 0 Å². The molecule has 10 rings (SSSR count). The van der Waals surface area contributed by atoms with Gasteiger partial charge in [0.15, 0.2) is 11.3 Å². The van der Waals surface area contributed by atoms with Gasteiger partial charge in [0.05, 0.1) is 34.0 Å². The highest BCUT2D eigenvalue weighted by Gasteiger charge is 2.25. The zero-order valence-electron chi connectivity index (χ0n) is 40.9. The molecule has 10 aromatic rings. The van der Waals surface area contributed by atoms with Crippen molar-refractivity contribution in [3.8, 4) is 34.0 Å². The van der Waals surface area contributed by atoms with Crippen LogP contribution in [0.15, 0.2) is 180 Å². The number of pyridine rings is 2. The van der Waals surface area contributed by atoms with Gasteiger partial charge in [-0.1, -0.05) is 36.4 Å². The van der Waals surface area contributed by atoms with Crippen molar-refractivity contribution in [2.24, 2.45) is 0 Å². The van der Waals surface area contributed by atoms with E-state index in [1.54, 1.807) is 146 Å². The summed E-state index contributed by atoms with van der Waals surface area (Å²) in [6.45, 7) is 3.95. The van der Waals surface area contributed by atoms with Crippen molar-refractivity contribution < 1.29 is 44.0 Å². The molecular weight excluding hydrogens is 1030 g/mol. The highest BCUT2D eigenvalue weighted by Crippen LogP contribution is 2.34. The lowest BCUT2D eigenvalue weighted by atomic mass is 10.1. The molecule has 0 amide bonds. The van der Waals surface area contributed by atoms with E-state index >= 15 is 0 Å². The number of aliphatic hydroxyl groups excluding tert-OH is 1. The van der Waals surface area contributed by atoms with Gasteiger partial charge < -0.3 is 25.2 Å². The maximum absolute atomic E-state index is 13.4. The second-order valence-electron chi connectivity index (χ2n) is 16.7. The lowest BCUT2D eigenvalue weighted by molar-refractivity contribution is 0.201. The Balaban J connectivity index is 0.000000187. The van der Waals surface area contributed by atoms with Crippen molar-refractivity contribution in [3.05, 3.63) is 182 Å². The lowest BCUT2D eigenvalue weighted by Gasteiger charge is -2.12. The van der Waals surface area contributed by atoms with E-state index in [-0.39, 0.29) is 36.2 Å². The highest BCUT2D eigenvalue weighted by atomic mass is 32.2. The third-order valence-electron chi connectivity index (χ3n) is 11.4. The summed E-state index contributed by atoms with van der Waals surface area (Å²) in [6, 6.07) is 37.8. The third-order valence-corrected chi connectivity index (χ3v) is 15.3. The number of benzene rings is 4. The predicted octanol–water partition coefficient (Wildman–Crippen LogP) is 8.29. The van der Waals surface area contributed by atoms with Crippen LogP contribution in [0.25, 0.3) is 44.6 Å². The molecule has 76 heavy (non-hydrogen) atoms. The summed E-state index contributed by atoms with van der Waals surface area (Å²) in [5, 5.41) is 16.6. The van der Waals surface area contributed by atoms with Crippen LogP contribution in [0.5, 0.6) is 11.5 Å². The van der Waals surface area contributed by atoms with Gasteiger partial charge in [0.25, 0.3) is 30.2 Å². The zero-order valence-corrected chi connectivity index (χ0v) is 43.4. The average molecular weight is 1080 g/mol. The van der Waals surface area contributed by atoms with Crippen molar-refractivity contribution in [1.29, 1.82) is 0 Å². The lowest BCUT2D eigenvalue weighted by Crippen LogP contribution is -2.12. The summed E-state index contributed by atoms with van der Waals surface area (Å²) in [6.07, 6.45) is 10.4. The van der Waals surface area contributed by atoms with Crippen LogP contribution in [0.3, 0.4) is 0 Å². The standard InChI is InChI=1S/C27H25N5O6S2.C26H23N5O4S/c1-19-17-20(37-15-16-38-39(2,33)34)10-11-24(19)30-27-29-14-12-25(31-27)23-18-32(26-22(23)9-6-13-28-26)40(35,36)21-7-4-3-5-8-21;1-18-16-19(35-15-14-32)9-10-23(18)29-26-28-13-11-24(30-26)22-17-31(25-21(22)8-5-12-27-25)36(33,34)20-6-3-2-4-7-20/h3-14,17-18H,15-16H2,1-2H3,(H,29,30,31);2-13,16-17,32H,14-15H2,1H3,(H,28,29,30). The first kappa shape index (κ1) is 52.3. The molecule has 23 heteroatoms. The number of rotatable bonds is 18. The van der Waals surface area contributed by atoms with Crippen LogP contribution in [0.1, 0.15) is 11.1 Å². The average Bonchev–Trinajstić information content (AvgIpc) is 4.06. The molecule has 0 saturated heterocycles. The first-order chi connectivity index (χ1) is 36.6. The summed E-state index contributed by atoms with van der Waals surface area (Å²) < 4.78 is 93.8. The van der Waals surface area contributed by atoms with Crippen LogP contribution < -0.4 is 20.1 Å². The van der Waals surface area contributed by atoms with E-state index in [1.165, 1.54) is 14.1 Å². The molecule has 388 valence electrons. The monoisotopic (exact) mass is 1080 g/mol. The van der Waals surface area contributed by atoms with Crippen molar-refractivity contribution >= 4 is 75.5 Å². The molecule has 0 fully saturated rings. The smallest absolute Gasteiger partial charge is 0.269 e. The van der Waals surface area contributed by atoms with Gasteiger partial charge in [0.1, 0.15) is 31.3 Å². The minimum Gasteiger partial charge on any atom is -0.491 e. The molecule has 0 unspecified atom stereocenters. The zero-order chi connectivity index (χ0) is 53.5. The number of hydrogen-bond acceptors (Lipinski definition) is 18. The van der Waals surface area contributed by atoms with Gasteiger partial charge >= 0.3 is 0 Å². The maximum atomic E-state index is 13.4. The molecule has 0 aliphatic heterocycles. The van der Waals surface area contributed by atoms with Crippen LogP contribution in [0.4, 0.5) is 23.3 Å². The quantitative estimate of drug-likeness (QED) is 0.0539. The number of aliphatic hydroxyl groups is 1. The van der Waals surface area contributed by atoms with E-state index in [1.807, 2.05) is 32.0 Å². The maximum Gasteiger partial charge on any atom is 0.269 e. The second-order valence-corrected chi connectivity index (χ2v) is 22.0. The number of nitrogens with one attached hydrogen (secondary N) is 2. The van der Waals surface area contributed by atoms with Gasteiger partial charge in [-0.25, -0.2) is 54.7 Å². The normalized spacial score (nSPS) is 11.7. The summed E-state index contributed by atoms with van der Waals surface area (Å²) in [4.78, 5) is 27.0. The number of hydrogen-bond donors (Lipinski definition) is 3. The SMILES string of the molecule is Cc1cc(OCCO)ccc1Nc1nccc(-c2cn(S(=O)(=O)c3ccccc3)c3ncccc23)n1.Cc1cc(OCCOS(C)(=O)=O)ccc1Nc1nccc(-c2cn(S(=O)(=O)c3ccccc3)c3ncccc23)n1. The first-order valence-corrected chi connectivity index (χ1v) is 28.0. The number of fused-ring (bicyclic) bond motifs is 2. The summed E-state index contributed by atoms with van der Waals surface area (Å²) >= 11 is 0. The Labute approximate surface area is 438 Å². The second kappa shape index (κ2) is 22.5. The number of aryl methyl sites for hydroxylation is 2. The fourth-order valence-electron chi connectivity index (χ4n) is 7.87. The van der Waals surface area contributed by atoms with E-state index in [0.717, 1.165) is 28.8 Å². The summed E-state index contributed by atoms with van der Waals surface area (Å²) in [7, 11) is -11.3. The van der Waals surface area contributed by atoms with Crippen molar-refractivity contribution in [2.75, 3.05) is 43.3 Å². The van der Waals surface area contributed by atoms with E-state index in [9.17, 15) is 25.3 Å². The Morgan fingerprint density at radius 2 is 0.961 bits per heavy atom. The predicted molar refractivity (Wildman–Crippen MR) is 287 cm³/mol. The Morgan fingerprint density at radius 1 is 0.513 bits per heavy atom. The Bertz CT molecular complexity index is 4050. The molecule has 6 heterocycles. The van der Waals surface area contributed by atoms with E-state index in [0.29, 0.717) is 68.0 Å². The fraction of sp³-hybridized carbons (Fsp3) is 0.132. The molecule has 0 spiro atoms. The summed E-state index contributed by atoms with van der Waals surface area (Å²) in [5.41, 5.74) is 6.15. The highest BCUT2D eigenvalue weighted by molar-refractivity contribution is 7.90. The van der Waals surface area contributed by atoms with Gasteiger partial charge in [-0.05, 0) is 122 Å². The van der Waals surface area contributed by atoms with Gasteiger partial charge in [0.2, 0.25) is 11.9 Å².